The van der Waals surface area contributed by atoms with Crippen LogP contribution in [0.5, 0.6) is 11.5 Å². The zero-order valence-electron chi connectivity index (χ0n) is 20.8. The molecule has 3 unspecified atom stereocenters. The predicted molar refractivity (Wildman–Crippen MR) is 168 cm³/mol. The molecule has 0 aliphatic carbocycles. The van der Waals surface area contributed by atoms with Crippen molar-refractivity contribution < 1.29 is 39.9 Å². The van der Waals surface area contributed by atoms with Gasteiger partial charge in [0.15, 0.2) is 0 Å². The minimum Gasteiger partial charge on any atom is -0.493 e. The molecule has 0 spiro atoms. The van der Waals surface area contributed by atoms with Crippen molar-refractivity contribution >= 4 is 17.5 Å². The quantitative estimate of drug-likeness (QED) is 0.217. The first-order chi connectivity index (χ1) is 16.8. The second kappa shape index (κ2) is 27.3. The highest BCUT2D eigenvalue weighted by Crippen LogP contribution is 2.15. The number of para-hydroxylation sites is 2. The Morgan fingerprint density at radius 1 is 0.725 bits per heavy atom. The maximum Gasteiger partial charge on any atom is 0.316 e. The normalized spacial score (nSPS) is 11.3. The van der Waals surface area contributed by atoms with E-state index in [0.29, 0.717) is 31.8 Å². The number of ketones is 2. The molecule has 0 radical (unpaired) electrons. The fourth-order valence-corrected chi connectivity index (χ4v) is 3.27. The number of carbonyl (C=O) groups is 3. The summed E-state index contributed by atoms with van der Waals surface area (Å²) in [6, 6.07) is 18.8. The van der Waals surface area contributed by atoms with Gasteiger partial charge in [-0.1, -0.05) is 73.5 Å². The van der Waals surface area contributed by atoms with Crippen molar-refractivity contribution in [2.45, 2.75) is 82.5 Å². The lowest BCUT2D eigenvalue weighted by Crippen LogP contribution is -2.36. The number of Topliss-reactive ketones (excluding diaryl/α,β-unsaturated/α-hetero) is 2. The second-order valence-corrected chi connectivity index (χ2v) is 7.86. The van der Waals surface area contributed by atoms with Gasteiger partial charge >= 0.3 is 5.97 Å². The molecule has 2 rings (SSSR count). The van der Waals surface area contributed by atoms with E-state index >= 15 is 0 Å². The van der Waals surface area contributed by atoms with Crippen LogP contribution in [0.25, 0.3) is 0 Å². The Labute approximate surface area is 245 Å². The van der Waals surface area contributed by atoms with E-state index in [4.69, 9.17) is 24.1 Å². The minimum atomic E-state index is -1.17. The van der Waals surface area contributed by atoms with E-state index in [2.05, 4.69) is 0 Å². The highest BCUT2D eigenvalue weighted by atomic mass is 16.5. The average Bonchev–Trinajstić information content (AvgIpc) is 2.83. The van der Waals surface area contributed by atoms with Gasteiger partial charge in [-0.25, -0.2) is 0 Å². The lowest BCUT2D eigenvalue weighted by Gasteiger charge is -2.20. The van der Waals surface area contributed by atoms with Crippen LogP contribution >= 0.6 is 0 Å². The van der Waals surface area contributed by atoms with Gasteiger partial charge in [-0.3, -0.25) is 14.4 Å². The van der Waals surface area contributed by atoms with Gasteiger partial charge in [-0.15, -0.1) is 0 Å². The van der Waals surface area contributed by atoms with Crippen molar-refractivity contribution in [3.05, 3.63) is 60.7 Å². The van der Waals surface area contributed by atoms with Crippen molar-refractivity contribution in [1.82, 2.24) is 0 Å². The molecule has 0 aromatic heterocycles. The second-order valence-electron chi connectivity index (χ2n) is 7.86. The Kier molecular flexibility index (Phi) is 31.9. The first-order valence-electron chi connectivity index (χ1n) is 11.4. The SMILES string of the molecule is C.C.C.C.C.COC(CCOc1ccccc1)C(C(C)=O)C(=O)O.COC(CCOc1ccccc1)CC(C)=O.[2HH]. The number of ether oxygens (including phenoxy) is 4. The smallest absolute Gasteiger partial charge is 0.316 e. The van der Waals surface area contributed by atoms with E-state index in [1.165, 1.54) is 14.0 Å². The summed E-state index contributed by atoms with van der Waals surface area (Å²) in [6.45, 7) is 3.68. The number of benzene rings is 2. The number of carbonyl (C=O) groups excluding carboxylic acids is 2. The largest absolute Gasteiger partial charge is 0.493 e. The summed E-state index contributed by atoms with van der Waals surface area (Å²) in [5.74, 6) is -1.04. The molecule has 0 aliphatic heterocycles. The highest BCUT2D eigenvalue weighted by molar-refractivity contribution is 5.97. The fourth-order valence-electron chi connectivity index (χ4n) is 3.27. The molecule has 0 bridgehead atoms. The van der Waals surface area contributed by atoms with E-state index in [1.807, 2.05) is 60.7 Å². The Morgan fingerprint density at radius 2 is 1.15 bits per heavy atom. The van der Waals surface area contributed by atoms with Crippen LogP contribution in [0.1, 0.15) is 71.7 Å². The Morgan fingerprint density at radius 3 is 1.48 bits per heavy atom. The lowest BCUT2D eigenvalue weighted by atomic mass is 9.96. The van der Waals surface area contributed by atoms with E-state index in [0.717, 1.165) is 12.2 Å². The number of aliphatic carboxylic acids is 1. The molecule has 0 heterocycles. The standard InChI is InChI=1S/C14H18O5.C13H18O3.5CH4.H2/c1-10(15)13(14(16)17)12(18-2)8-9-19-11-6-4-3-5-7-11;1-11(14)10-13(15-2)8-9-16-12-6-4-3-5-7-12;;;;;;/h3-7,12-13H,8-9H2,1-2H3,(H,16,17);3-7,13H,8-10H2,1-2H3;5*1H4;1H/i;;;;;;;1+1. The molecule has 2 aromatic rings. The minimum absolute atomic E-state index is 0. The van der Waals surface area contributed by atoms with E-state index in [9.17, 15) is 14.4 Å². The first kappa shape index (κ1) is 46.6. The molecule has 8 nitrogen and oxygen atoms in total. The molecule has 234 valence electrons. The summed E-state index contributed by atoms with van der Waals surface area (Å²) in [7, 11) is 3.02. The van der Waals surface area contributed by atoms with Crippen molar-refractivity contribution in [1.29, 1.82) is 0 Å². The van der Waals surface area contributed by atoms with Crippen LogP contribution in [-0.2, 0) is 23.9 Å². The van der Waals surface area contributed by atoms with Crippen LogP contribution in [0.4, 0.5) is 0 Å². The molecule has 0 saturated heterocycles. The monoisotopic (exact) mass is 571 g/mol. The van der Waals surface area contributed by atoms with Gasteiger partial charge < -0.3 is 24.1 Å². The molecular weight excluding hydrogens is 512 g/mol. The topological polar surface area (TPSA) is 108 Å². The van der Waals surface area contributed by atoms with Crippen LogP contribution in [0, 0.1) is 5.92 Å². The molecular formula is C32H58O8. The molecule has 40 heavy (non-hydrogen) atoms. The highest BCUT2D eigenvalue weighted by Gasteiger charge is 2.32. The molecule has 3 atom stereocenters. The Balaban J connectivity index is -0.000000132. The molecule has 0 fully saturated rings. The summed E-state index contributed by atoms with van der Waals surface area (Å²) in [5, 5.41) is 9.02. The molecule has 8 heteroatoms. The van der Waals surface area contributed by atoms with Gasteiger partial charge in [-0.05, 0) is 38.1 Å². The van der Waals surface area contributed by atoms with E-state index in [-0.39, 0.29) is 50.4 Å². The van der Waals surface area contributed by atoms with Gasteiger partial charge in [0.05, 0.1) is 25.4 Å². The molecule has 0 amide bonds. The molecule has 1 N–H and O–H groups in total. The van der Waals surface area contributed by atoms with Crippen LogP contribution in [0.3, 0.4) is 0 Å². The molecule has 0 saturated carbocycles. The third-order valence-corrected chi connectivity index (χ3v) is 5.09. The molecule has 0 aliphatic rings. The van der Waals surface area contributed by atoms with E-state index in [1.54, 1.807) is 14.0 Å². The summed E-state index contributed by atoms with van der Waals surface area (Å²) >= 11 is 0. The van der Waals surface area contributed by atoms with Gasteiger partial charge in [0.2, 0.25) is 0 Å². The van der Waals surface area contributed by atoms with Gasteiger partial charge in [0.25, 0.3) is 0 Å². The summed E-state index contributed by atoms with van der Waals surface area (Å²) in [5.41, 5.74) is 0. The van der Waals surface area contributed by atoms with E-state index < -0.39 is 23.8 Å². The summed E-state index contributed by atoms with van der Waals surface area (Å²) in [4.78, 5) is 33.3. The lowest BCUT2D eigenvalue weighted by molar-refractivity contribution is -0.151. The number of rotatable bonds is 15. The molecule has 2 aromatic carbocycles. The maximum absolute atomic E-state index is 11.3. The van der Waals surface area contributed by atoms with Gasteiger partial charge in [0.1, 0.15) is 29.0 Å². The van der Waals surface area contributed by atoms with Crippen LogP contribution in [0.2, 0.25) is 0 Å². The number of carboxylic acids is 1. The Hall–Kier alpha value is -3.23. The zero-order valence-corrected chi connectivity index (χ0v) is 20.8. The number of hydrogen-bond acceptors (Lipinski definition) is 7. The zero-order chi connectivity index (χ0) is 26.1. The fraction of sp³-hybridized carbons (Fsp3) is 0.531. The van der Waals surface area contributed by atoms with Gasteiger partial charge in [-0.2, -0.15) is 0 Å². The number of carboxylic acid groups (broad SMARTS) is 1. The van der Waals surface area contributed by atoms with Crippen LogP contribution in [-0.4, -0.2) is 62.3 Å². The van der Waals surface area contributed by atoms with Crippen molar-refractivity contribution in [2.24, 2.45) is 5.92 Å². The number of hydrogen-bond donors (Lipinski definition) is 1. The summed E-state index contributed by atoms with van der Waals surface area (Å²) < 4.78 is 21.3. The summed E-state index contributed by atoms with van der Waals surface area (Å²) in [6.07, 6.45) is 0.793. The van der Waals surface area contributed by atoms with Crippen molar-refractivity contribution in [2.75, 3.05) is 27.4 Å². The maximum atomic E-state index is 11.3. The van der Waals surface area contributed by atoms with Crippen molar-refractivity contribution in [3.63, 3.8) is 0 Å². The third kappa shape index (κ3) is 19.8. The predicted octanol–water partition coefficient (Wildman–Crippen LogP) is 7.64. The number of methoxy groups -OCH3 is 2. The van der Waals surface area contributed by atoms with Crippen molar-refractivity contribution in [3.8, 4) is 11.5 Å². The average molecular weight is 572 g/mol. The van der Waals surface area contributed by atoms with Crippen LogP contribution in [0.15, 0.2) is 60.7 Å². The first-order valence-corrected chi connectivity index (χ1v) is 11.4. The third-order valence-electron chi connectivity index (χ3n) is 5.09. The van der Waals surface area contributed by atoms with Crippen LogP contribution < -0.4 is 9.47 Å². The Bertz CT molecular complexity index is 864. The van der Waals surface area contributed by atoms with Gasteiger partial charge in [0, 0.05) is 34.9 Å².